The Morgan fingerprint density at radius 1 is 1.20 bits per heavy atom. The number of hydrogen-bond donors (Lipinski definition) is 0. The first-order chi connectivity index (χ1) is 12.1. The lowest BCUT2D eigenvalue weighted by Gasteiger charge is -2.14. The Balaban J connectivity index is 1.56. The van der Waals surface area contributed by atoms with Gasteiger partial charge in [-0.25, -0.2) is 0 Å². The predicted molar refractivity (Wildman–Crippen MR) is 105 cm³/mol. The Morgan fingerprint density at radius 2 is 2.00 bits per heavy atom. The molecular formula is C18H12BrNO3S2. The minimum Gasteiger partial charge on any atom is -0.454 e. The molecule has 0 radical (unpaired) electrons. The molecule has 2 aromatic rings. The average Bonchev–Trinajstić information content (AvgIpc) is 3.17. The van der Waals surface area contributed by atoms with Gasteiger partial charge < -0.3 is 9.47 Å². The molecule has 2 heterocycles. The molecular weight excluding hydrogens is 422 g/mol. The maximum absolute atomic E-state index is 12.7. The summed E-state index contributed by atoms with van der Waals surface area (Å²) in [6.45, 7) is 0.642. The van der Waals surface area contributed by atoms with Crippen molar-refractivity contribution in [1.29, 1.82) is 0 Å². The molecule has 7 heteroatoms. The lowest BCUT2D eigenvalue weighted by molar-refractivity contribution is -0.122. The third-order valence-electron chi connectivity index (χ3n) is 3.84. The van der Waals surface area contributed by atoms with Crippen LogP contribution < -0.4 is 9.47 Å². The predicted octanol–water partition coefficient (Wildman–Crippen LogP) is 4.58. The fourth-order valence-electron chi connectivity index (χ4n) is 2.59. The molecule has 1 fully saturated rings. The van der Waals surface area contributed by atoms with Crippen LogP contribution in [0.25, 0.3) is 6.08 Å². The molecule has 2 aromatic carbocycles. The molecule has 0 atom stereocenters. The Bertz CT molecular complexity index is 913. The normalized spacial score (nSPS) is 17.6. The zero-order chi connectivity index (χ0) is 17.4. The fraction of sp³-hybridized carbons (Fsp3) is 0.111. The molecule has 2 aliphatic heterocycles. The van der Waals surface area contributed by atoms with E-state index in [9.17, 15) is 4.79 Å². The summed E-state index contributed by atoms with van der Waals surface area (Å²) < 4.78 is 12.2. The maximum atomic E-state index is 12.7. The topological polar surface area (TPSA) is 38.8 Å². The highest BCUT2D eigenvalue weighted by molar-refractivity contribution is 9.10. The van der Waals surface area contributed by atoms with Gasteiger partial charge in [0.1, 0.15) is 4.32 Å². The Kier molecular flexibility index (Phi) is 4.54. The molecule has 0 aliphatic carbocycles. The third kappa shape index (κ3) is 3.31. The van der Waals surface area contributed by atoms with Crippen LogP contribution in [0.1, 0.15) is 11.1 Å². The van der Waals surface area contributed by atoms with Crippen LogP contribution in [0.5, 0.6) is 11.5 Å². The standard InChI is InChI=1S/C18H12BrNO3S2/c19-13-4-2-1-3-12(13)8-16-17(21)20(18(24)25-16)9-11-5-6-14-15(7-11)23-10-22-14/h1-8H,9-10H2. The van der Waals surface area contributed by atoms with Gasteiger partial charge >= 0.3 is 0 Å². The Morgan fingerprint density at radius 3 is 2.84 bits per heavy atom. The second-order valence-electron chi connectivity index (χ2n) is 5.48. The van der Waals surface area contributed by atoms with Crippen molar-refractivity contribution in [3.8, 4) is 11.5 Å². The highest BCUT2D eigenvalue weighted by atomic mass is 79.9. The van der Waals surface area contributed by atoms with Crippen molar-refractivity contribution in [2.24, 2.45) is 0 Å². The number of amides is 1. The molecule has 4 nitrogen and oxygen atoms in total. The number of halogens is 1. The van der Waals surface area contributed by atoms with E-state index >= 15 is 0 Å². The molecule has 0 spiro atoms. The van der Waals surface area contributed by atoms with E-state index in [-0.39, 0.29) is 12.7 Å². The van der Waals surface area contributed by atoms with Crippen molar-refractivity contribution < 1.29 is 14.3 Å². The Hall–Kier alpha value is -1.83. The van der Waals surface area contributed by atoms with Crippen LogP contribution in [-0.4, -0.2) is 21.9 Å². The van der Waals surface area contributed by atoms with E-state index in [2.05, 4.69) is 15.9 Å². The quantitative estimate of drug-likeness (QED) is 0.523. The summed E-state index contributed by atoms with van der Waals surface area (Å²) in [4.78, 5) is 15.0. The summed E-state index contributed by atoms with van der Waals surface area (Å²) in [5.74, 6) is 1.35. The smallest absolute Gasteiger partial charge is 0.266 e. The summed E-state index contributed by atoms with van der Waals surface area (Å²) >= 11 is 10.2. The summed E-state index contributed by atoms with van der Waals surface area (Å²) in [5, 5.41) is 0. The van der Waals surface area contributed by atoms with Crippen molar-refractivity contribution in [2.75, 3.05) is 6.79 Å². The van der Waals surface area contributed by atoms with Gasteiger partial charge in [0.25, 0.3) is 5.91 Å². The van der Waals surface area contributed by atoms with Crippen molar-refractivity contribution in [3.05, 3.63) is 63.0 Å². The number of benzene rings is 2. The number of carbonyl (C=O) groups is 1. The molecule has 1 saturated heterocycles. The van der Waals surface area contributed by atoms with Crippen LogP contribution in [-0.2, 0) is 11.3 Å². The molecule has 0 N–H and O–H groups in total. The van der Waals surface area contributed by atoms with Crippen molar-refractivity contribution in [1.82, 2.24) is 4.90 Å². The molecule has 2 aliphatic rings. The molecule has 0 unspecified atom stereocenters. The summed E-state index contributed by atoms with van der Waals surface area (Å²) in [7, 11) is 0. The highest BCUT2D eigenvalue weighted by Gasteiger charge is 2.32. The minimum atomic E-state index is -0.0802. The van der Waals surface area contributed by atoms with Crippen molar-refractivity contribution in [2.45, 2.75) is 6.54 Å². The molecule has 0 bridgehead atoms. The first-order valence-corrected chi connectivity index (χ1v) is 9.52. The summed E-state index contributed by atoms with van der Waals surface area (Å²) in [6, 6.07) is 13.4. The number of rotatable bonds is 3. The van der Waals surface area contributed by atoms with Crippen LogP contribution in [0.3, 0.4) is 0 Å². The van der Waals surface area contributed by atoms with E-state index in [1.165, 1.54) is 11.8 Å². The van der Waals surface area contributed by atoms with Crippen molar-refractivity contribution >= 4 is 56.2 Å². The van der Waals surface area contributed by atoms with Gasteiger partial charge in [0.05, 0.1) is 11.4 Å². The minimum absolute atomic E-state index is 0.0802. The number of carbonyl (C=O) groups excluding carboxylic acids is 1. The monoisotopic (exact) mass is 433 g/mol. The number of thiocarbonyl (C=S) groups is 1. The summed E-state index contributed by atoms with van der Waals surface area (Å²) in [5.41, 5.74) is 1.90. The number of thioether (sulfide) groups is 1. The van der Waals surface area contributed by atoms with Gasteiger partial charge in [-0.3, -0.25) is 9.69 Å². The van der Waals surface area contributed by atoms with E-state index in [4.69, 9.17) is 21.7 Å². The van der Waals surface area contributed by atoms with Crippen molar-refractivity contribution in [3.63, 3.8) is 0 Å². The van der Waals surface area contributed by atoms with Crippen LogP contribution >= 0.6 is 39.9 Å². The summed E-state index contributed by atoms with van der Waals surface area (Å²) in [6.07, 6.45) is 1.86. The zero-order valence-electron chi connectivity index (χ0n) is 12.9. The van der Waals surface area contributed by atoms with Crippen LogP contribution in [0.15, 0.2) is 51.8 Å². The average molecular weight is 434 g/mol. The van der Waals surface area contributed by atoms with E-state index in [1.54, 1.807) is 4.90 Å². The van der Waals surface area contributed by atoms with Crippen LogP contribution in [0.2, 0.25) is 0 Å². The van der Waals surface area contributed by atoms with Crippen LogP contribution in [0, 0.1) is 0 Å². The number of nitrogens with zero attached hydrogens (tertiary/aromatic N) is 1. The van der Waals surface area contributed by atoms with Gasteiger partial charge in [0, 0.05) is 4.47 Å². The fourth-order valence-corrected chi connectivity index (χ4v) is 4.24. The maximum Gasteiger partial charge on any atom is 0.266 e. The van der Waals surface area contributed by atoms with Gasteiger partial charge in [0.2, 0.25) is 6.79 Å². The van der Waals surface area contributed by atoms with Crippen LogP contribution in [0.4, 0.5) is 0 Å². The first kappa shape index (κ1) is 16.6. The largest absolute Gasteiger partial charge is 0.454 e. The molecule has 126 valence electrons. The van der Waals surface area contributed by atoms with E-state index in [0.29, 0.717) is 21.5 Å². The Labute approximate surface area is 162 Å². The third-order valence-corrected chi connectivity index (χ3v) is 5.94. The lowest BCUT2D eigenvalue weighted by Crippen LogP contribution is -2.27. The molecule has 4 rings (SSSR count). The van der Waals surface area contributed by atoms with E-state index in [1.807, 2.05) is 48.5 Å². The highest BCUT2D eigenvalue weighted by Crippen LogP contribution is 2.37. The molecule has 0 saturated carbocycles. The molecule has 0 aromatic heterocycles. The number of fused-ring (bicyclic) bond motifs is 1. The van der Waals surface area contributed by atoms with E-state index in [0.717, 1.165) is 21.3 Å². The second kappa shape index (κ2) is 6.82. The lowest BCUT2D eigenvalue weighted by atomic mass is 10.2. The number of ether oxygens (including phenoxy) is 2. The first-order valence-electron chi connectivity index (χ1n) is 7.50. The SMILES string of the molecule is O=C1C(=Cc2ccccc2Br)SC(=S)N1Cc1ccc2c(c1)OCO2. The molecule has 25 heavy (non-hydrogen) atoms. The van der Waals surface area contributed by atoms with E-state index < -0.39 is 0 Å². The van der Waals surface area contributed by atoms with Gasteiger partial charge in [-0.1, -0.05) is 64.2 Å². The van der Waals surface area contributed by atoms with Gasteiger partial charge in [0.15, 0.2) is 11.5 Å². The number of hydrogen-bond acceptors (Lipinski definition) is 5. The molecule has 1 amide bonds. The zero-order valence-corrected chi connectivity index (χ0v) is 16.1. The van der Waals surface area contributed by atoms with Gasteiger partial charge in [-0.05, 0) is 35.4 Å². The van der Waals surface area contributed by atoms with Gasteiger partial charge in [-0.15, -0.1) is 0 Å². The van der Waals surface area contributed by atoms with Gasteiger partial charge in [-0.2, -0.15) is 0 Å². The second-order valence-corrected chi connectivity index (χ2v) is 8.01.